The number of amides is 3. The van der Waals surface area contributed by atoms with E-state index in [1.807, 2.05) is 13.0 Å². The zero-order valence-corrected chi connectivity index (χ0v) is 17.7. The summed E-state index contributed by atoms with van der Waals surface area (Å²) in [7, 11) is 1.60. The van der Waals surface area contributed by atoms with Crippen LogP contribution in [0, 0.1) is 12.8 Å². The molecular formula is C20H28ClN3O4. The average molecular weight is 410 g/mol. The number of ether oxygens (including phenoxy) is 1. The number of carbonyl (C=O) groups excluding carboxylic acids is 3. The molecule has 0 unspecified atom stereocenters. The van der Waals surface area contributed by atoms with Gasteiger partial charge < -0.3 is 14.5 Å². The minimum atomic E-state index is -0.248. The molecule has 7 nitrogen and oxygen atoms in total. The molecule has 0 bridgehead atoms. The predicted octanol–water partition coefficient (Wildman–Crippen LogP) is 2.30. The van der Waals surface area contributed by atoms with Crippen LogP contribution in [0.5, 0.6) is 0 Å². The van der Waals surface area contributed by atoms with Crippen LogP contribution < -0.4 is 4.90 Å². The molecule has 0 N–H and O–H groups in total. The lowest BCUT2D eigenvalue weighted by Crippen LogP contribution is -2.44. The number of hydrogen-bond acceptors (Lipinski definition) is 4. The number of nitrogens with zero attached hydrogens (tertiary/aromatic N) is 3. The van der Waals surface area contributed by atoms with Crippen molar-refractivity contribution in [2.75, 3.05) is 44.9 Å². The fourth-order valence-corrected chi connectivity index (χ4v) is 3.28. The van der Waals surface area contributed by atoms with E-state index in [2.05, 4.69) is 0 Å². The molecule has 28 heavy (non-hydrogen) atoms. The Labute approximate surface area is 171 Å². The van der Waals surface area contributed by atoms with Crippen molar-refractivity contribution >= 4 is 35.0 Å². The summed E-state index contributed by atoms with van der Waals surface area (Å²) < 4.78 is 5.04. The Balaban J connectivity index is 2.07. The summed E-state index contributed by atoms with van der Waals surface area (Å²) >= 11 is 6.16. The predicted molar refractivity (Wildman–Crippen MR) is 108 cm³/mol. The third-order valence-corrected chi connectivity index (χ3v) is 5.14. The highest BCUT2D eigenvalue weighted by atomic mass is 35.5. The van der Waals surface area contributed by atoms with Gasteiger partial charge in [-0.15, -0.1) is 0 Å². The summed E-state index contributed by atoms with van der Waals surface area (Å²) in [6.07, 6.45) is 0.648. The first-order valence-corrected chi connectivity index (χ1v) is 9.75. The van der Waals surface area contributed by atoms with Crippen molar-refractivity contribution in [3.63, 3.8) is 0 Å². The standard InChI is InChI=1S/C20H28ClN3O4/c1-14(2)20(27)22(9-6-10-28-4)11-18(25)23-12-19(26)24(13-23)17-8-5-7-16(21)15(17)3/h5,7-8,14H,6,9-13H2,1-4H3. The highest BCUT2D eigenvalue weighted by Crippen LogP contribution is 2.28. The van der Waals surface area contributed by atoms with E-state index in [0.29, 0.717) is 30.3 Å². The zero-order valence-electron chi connectivity index (χ0n) is 16.9. The van der Waals surface area contributed by atoms with Crippen LogP contribution >= 0.6 is 11.6 Å². The first-order chi connectivity index (χ1) is 13.3. The van der Waals surface area contributed by atoms with E-state index < -0.39 is 0 Å². The monoisotopic (exact) mass is 409 g/mol. The number of hydrogen-bond donors (Lipinski definition) is 0. The Morgan fingerprint density at radius 2 is 2.04 bits per heavy atom. The van der Waals surface area contributed by atoms with E-state index >= 15 is 0 Å². The SMILES string of the molecule is COCCCN(CC(=O)N1CC(=O)N(c2cccc(Cl)c2C)C1)C(=O)C(C)C. The molecule has 0 radical (unpaired) electrons. The molecule has 1 aliphatic heterocycles. The Morgan fingerprint density at radius 3 is 2.68 bits per heavy atom. The van der Waals surface area contributed by atoms with E-state index in [0.717, 1.165) is 5.56 Å². The lowest BCUT2D eigenvalue weighted by molar-refractivity contribution is -0.142. The van der Waals surface area contributed by atoms with E-state index in [1.54, 1.807) is 42.9 Å². The van der Waals surface area contributed by atoms with Gasteiger partial charge in [-0.25, -0.2) is 0 Å². The first kappa shape index (κ1) is 22.2. The highest BCUT2D eigenvalue weighted by molar-refractivity contribution is 6.31. The summed E-state index contributed by atoms with van der Waals surface area (Å²) in [5.74, 6) is -0.708. The molecule has 0 spiro atoms. The van der Waals surface area contributed by atoms with Crippen molar-refractivity contribution in [1.29, 1.82) is 0 Å². The molecule has 1 aromatic rings. The largest absolute Gasteiger partial charge is 0.385 e. The van der Waals surface area contributed by atoms with Crippen molar-refractivity contribution < 1.29 is 19.1 Å². The Hall–Kier alpha value is -2.12. The smallest absolute Gasteiger partial charge is 0.248 e. The Bertz CT molecular complexity index is 738. The number of anilines is 1. The molecular weight excluding hydrogens is 382 g/mol. The minimum absolute atomic E-state index is 0.00737. The van der Waals surface area contributed by atoms with Gasteiger partial charge in [0.1, 0.15) is 13.2 Å². The van der Waals surface area contributed by atoms with Crippen molar-refractivity contribution in [3.8, 4) is 0 Å². The Kier molecular flexibility index (Phi) is 7.83. The maximum absolute atomic E-state index is 12.8. The van der Waals surface area contributed by atoms with E-state index in [4.69, 9.17) is 16.3 Å². The fraction of sp³-hybridized carbons (Fsp3) is 0.550. The third-order valence-electron chi connectivity index (χ3n) is 4.73. The topological polar surface area (TPSA) is 70.2 Å². The molecule has 0 saturated carbocycles. The normalized spacial score (nSPS) is 14.1. The minimum Gasteiger partial charge on any atom is -0.385 e. The number of halogens is 1. The summed E-state index contributed by atoms with van der Waals surface area (Å²) in [4.78, 5) is 42.3. The fourth-order valence-electron chi connectivity index (χ4n) is 3.11. The van der Waals surface area contributed by atoms with Gasteiger partial charge >= 0.3 is 0 Å². The maximum atomic E-state index is 12.8. The van der Waals surface area contributed by atoms with E-state index in [1.165, 1.54) is 4.90 Å². The molecule has 1 saturated heterocycles. The molecule has 3 amide bonds. The zero-order chi connectivity index (χ0) is 20.8. The summed E-state index contributed by atoms with van der Waals surface area (Å²) in [5, 5.41) is 0.571. The number of benzene rings is 1. The second-order valence-electron chi connectivity index (χ2n) is 7.20. The van der Waals surface area contributed by atoms with Gasteiger partial charge in [0.15, 0.2) is 0 Å². The molecule has 1 aliphatic rings. The van der Waals surface area contributed by atoms with Gasteiger partial charge in [0.2, 0.25) is 17.7 Å². The highest BCUT2D eigenvalue weighted by Gasteiger charge is 2.34. The van der Waals surface area contributed by atoms with Crippen molar-refractivity contribution in [2.45, 2.75) is 27.2 Å². The molecule has 1 heterocycles. The van der Waals surface area contributed by atoms with Gasteiger partial charge in [-0.2, -0.15) is 0 Å². The Morgan fingerprint density at radius 1 is 1.32 bits per heavy atom. The quantitative estimate of drug-likeness (QED) is 0.618. The number of carbonyl (C=O) groups is 3. The number of rotatable bonds is 8. The van der Waals surface area contributed by atoms with Gasteiger partial charge in [-0.1, -0.05) is 31.5 Å². The van der Waals surface area contributed by atoms with Crippen LogP contribution in [0.25, 0.3) is 0 Å². The van der Waals surface area contributed by atoms with E-state index in [-0.39, 0.29) is 43.4 Å². The molecule has 2 rings (SSSR count). The lowest BCUT2D eigenvalue weighted by atomic mass is 10.2. The van der Waals surface area contributed by atoms with Gasteiger partial charge in [-0.3, -0.25) is 19.3 Å². The molecule has 154 valence electrons. The second kappa shape index (κ2) is 9.89. The lowest BCUT2D eigenvalue weighted by Gasteiger charge is -2.26. The summed E-state index contributed by atoms with van der Waals surface area (Å²) in [5.41, 5.74) is 1.49. The van der Waals surface area contributed by atoms with Crippen LogP contribution in [0.15, 0.2) is 18.2 Å². The van der Waals surface area contributed by atoms with Crippen molar-refractivity contribution in [2.24, 2.45) is 5.92 Å². The van der Waals surface area contributed by atoms with Gasteiger partial charge in [0.25, 0.3) is 0 Å². The maximum Gasteiger partial charge on any atom is 0.248 e. The molecule has 0 aliphatic carbocycles. The average Bonchev–Trinajstić information content (AvgIpc) is 3.04. The third kappa shape index (κ3) is 5.23. The van der Waals surface area contributed by atoms with Crippen LogP contribution in [-0.2, 0) is 19.1 Å². The molecule has 8 heteroatoms. The molecule has 0 aromatic heterocycles. The second-order valence-corrected chi connectivity index (χ2v) is 7.61. The summed E-state index contributed by atoms with van der Waals surface area (Å²) in [6.45, 7) is 6.51. The molecule has 1 fully saturated rings. The number of methoxy groups -OCH3 is 1. The van der Waals surface area contributed by atoms with Crippen LogP contribution in [0.1, 0.15) is 25.8 Å². The van der Waals surface area contributed by atoms with Crippen molar-refractivity contribution in [3.05, 3.63) is 28.8 Å². The van der Waals surface area contributed by atoms with Crippen LogP contribution in [-0.4, -0.2) is 67.5 Å². The first-order valence-electron chi connectivity index (χ1n) is 9.37. The van der Waals surface area contributed by atoms with Gasteiger partial charge in [0, 0.05) is 36.9 Å². The van der Waals surface area contributed by atoms with Crippen molar-refractivity contribution in [1.82, 2.24) is 9.80 Å². The molecule has 1 aromatic carbocycles. The molecule has 0 atom stereocenters. The van der Waals surface area contributed by atoms with Crippen LogP contribution in [0.2, 0.25) is 5.02 Å². The van der Waals surface area contributed by atoms with Crippen LogP contribution in [0.3, 0.4) is 0 Å². The summed E-state index contributed by atoms with van der Waals surface area (Å²) in [6, 6.07) is 5.35. The van der Waals surface area contributed by atoms with Gasteiger partial charge in [0.05, 0.1) is 6.54 Å². The van der Waals surface area contributed by atoms with Gasteiger partial charge in [-0.05, 0) is 31.0 Å². The van der Waals surface area contributed by atoms with Crippen LogP contribution in [0.4, 0.5) is 5.69 Å². The van der Waals surface area contributed by atoms with E-state index in [9.17, 15) is 14.4 Å².